The lowest BCUT2D eigenvalue weighted by Gasteiger charge is -2.20. The van der Waals surface area contributed by atoms with Gasteiger partial charge < -0.3 is 0 Å². The van der Waals surface area contributed by atoms with Crippen molar-refractivity contribution in [1.29, 1.82) is 0 Å². The molecule has 132 valence electrons. The fourth-order valence-electron chi connectivity index (χ4n) is 3.25. The first-order valence-electron chi connectivity index (χ1n) is 8.31. The molecular weight excluding hydrogens is 368 g/mol. The van der Waals surface area contributed by atoms with E-state index < -0.39 is 10.0 Å². The molecule has 4 rings (SSSR count). The van der Waals surface area contributed by atoms with Crippen LogP contribution in [0.2, 0.25) is 5.02 Å². The molecule has 1 aromatic heterocycles. The zero-order chi connectivity index (χ0) is 18.1. The van der Waals surface area contributed by atoms with Gasteiger partial charge in [-0.1, -0.05) is 29.8 Å². The fourth-order valence-corrected chi connectivity index (χ4v) is 5.00. The molecule has 3 aromatic rings. The number of aromatic nitrogens is 1. The van der Waals surface area contributed by atoms with E-state index in [0.717, 1.165) is 27.9 Å². The lowest BCUT2D eigenvalue weighted by molar-refractivity contribution is 0.591. The SMILES string of the molecule is O=S(=O)(Cc1ccc(Cl)cc1)N1CCc2cc(-c3ccncc3)ccc21. The van der Waals surface area contributed by atoms with Crippen LogP contribution in [-0.2, 0) is 22.2 Å². The Morgan fingerprint density at radius 1 is 0.962 bits per heavy atom. The van der Waals surface area contributed by atoms with Gasteiger partial charge in [0, 0.05) is 24.0 Å². The van der Waals surface area contributed by atoms with Gasteiger partial charge in [0.15, 0.2) is 0 Å². The van der Waals surface area contributed by atoms with Crippen molar-refractivity contribution in [1.82, 2.24) is 4.98 Å². The monoisotopic (exact) mass is 384 g/mol. The Morgan fingerprint density at radius 2 is 1.69 bits per heavy atom. The van der Waals surface area contributed by atoms with Gasteiger partial charge in [-0.25, -0.2) is 8.42 Å². The number of nitrogens with zero attached hydrogens (tertiary/aromatic N) is 2. The molecule has 0 amide bonds. The molecule has 0 saturated heterocycles. The smallest absolute Gasteiger partial charge is 0.239 e. The van der Waals surface area contributed by atoms with Crippen LogP contribution in [0.15, 0.2) is 67.0 Å². The Labute approximate surface area is 158 Å². The molecule has 0 unspecified atom stereocenters. The zero-order valence-electron chi connectivity index (χ0n) is 14.0. The number of sulfonamides is 1. The molecule has 6 heteroatoms. The van der Waals surface area contributed by atoms with Crippen molar-refractivity contribution in [3.63, 3.8) is 0 Å². The number of halogens is 1. The second-order valence-electron chi connectivity index (χ2n) is 6.28. The minimum atomic E-state index is -3.44. The van der Waals surface area contributed by atoms with Gasteiger partial charge >= 0.3 is 0 Å². The first-order valence-corrected chi connectivity index (χ1v) is 10.3. The molecule has 4 nitrogen and oxygen atoms in total. The highest BCUT2D eigenvalue weighted by Crippen LogP contribution is 2.34. The summed E-state index contributed by atoms with van der Waals surface area (Å²) in [4.78, 5) is 4.04. The quantitative estimate of drug-likeness (QED) is 0.674. The van der Waals surface area contributed by atoms with Crippen molar-refractivity contribution in [3.8, 4) is 11.1 Å². The summed E-state index contributed by atoms with van der Waals surface area (Å²) < 4.78 is 27.3. The van der Waals surface area contributed by atoms with E-state index in [9.17, 15) is 8.42 Å². The Bertz CT molecular complexity index is 1040. The van der Waals surface area contributed by atoms with Crippen LogP contribution in [0.4, 0.5) is 5.69 Å². The highest BCUT2D eigenvalue weighted by Gasteiger charge is 2.29. The topological polar surface area (TPSA) is 50.3 Å². The number of rotatable bonds is 4. The van der Waals surface area contributed by atoms with Crippen molar-refractivity contribution >= 4 is 27.3 Å². The summed E-state index contributed by atoms with van der Waals surface area (Å²) in [6, 6.07) is 16.8. The third-order valence-corrected chi connectivity index (χ3v) is 6.55. The van der Waals surface area contributed by atoms with Crippen LogP contribution in [0, 0.1) is 0 Å². The van der Waals surface area contributed by atoms with Crippen LogP contribution < -0.4 is 4.31 Å². The van der Waals surface area contributed by atoms with Crippen molar-refractivity contribution in [3.05, 3.63) is 83.1 Å². The van der Waals surface area contributed by atoms with E-state index in [-0.39, 0.29) is 5.75 Å². The minimum absolute atomic E-state index is 0.0320. The molecule has 0 atom stereocenters. The van der Waals surface area contributed by atoms with Crippen molar-refractivity contribution in [2.75, 3.05) is 10.8 Å². The summed E-state index contributed by atoms with van der Waals surface area (Å²) in [7, 11) is -3.44. The summed E-state index contributed by atoms with van der Waals surface area (Å²) in [6.45, 7) is 0.477. The highest BCUT2D eigenvalue weighted by molar-refractivity contribution is 7.92. The number of pyridine rings is 1. The van der Waals surface area contributed by atoms with Crippen molar-refractivity contribution in [2.24, 2.45) is 0 Å². The van der Waals surface area contributed by atoms with Gasteiger partial charge in [0.05, 0.1) is 11.4 Å². The summed E-state index contributed by atoms with van der Waals surface area (Å²) in [5.41, 5.74) is 4.71. The van der Waals surface area contributed by atoms with Crippen LogP contribution in [0.25, 0.3) is 11.1 Å². The van der Waals surface area contributed by atoms with Crippen molar-refractivity contribution in [2.45, 2.75) is 12.2 Å². The fraction of sp³-hybridized carbons (Fsp3) is 0.150. The number of benzene rings is 2. The van der Waals surface area contributed by atoms with Crippen LogP contribution >= 0.6 is 11.6 Å². The van der Waals surface area contributed by atoms with Gasteiger partial charge in [-0.15, -0.1) is 0 Å². The Balaban J connectivity index is 1.62. The molecule has 2 heterocycles. The predicted molar refractivity (Wildman–Crippen MR) is 105 cm³/mol. The van der Waals surface area contributed by atoms with E-state index in [1.807, 2.05) is 24.3 Å². The summed E-state index contributed by atoms with van der Waals surface area (Å²) in [5.74, 6) is -0.0320. The average molecular weight is 385 g/mol. The van der Waals surface area contributed by atoms with E-state index in [4.69, 9.17) is 11.6 Å². The van der Waals surface area contributed by atoms with Crippen LogP contribution in [0.5, 0.6) is 0 Å². The maximum absolute atomic E-state index is 12.9. The van der Waals surface area contributed by atoms with E-state index in [2.05, 4.69) is 11.1 Å². The van der Waals surface area contributed by atoms with E-state index in [1.54, 1.807) is 36.7 Å². The third kappa shape index (κ3) is 3.32. The van der Waals surface area contributed by atoms with Crippen molar-refractivity contribution < 1.29 is 8.42 Å². The normalized spacial score (nSPS) is 13.7. The largest absolute Gasteiger partial charge is 0.269 e. The predicted octanol–water partition coefficient (Wildman–Crippen LogP) is 4.29. The van der Waals surface area contributed by atoms with Gasteiger partial charge in [-0.3, -0.25) is 9.29 Å². The number of fused-ring (bicyclic) bond motifs is 1. The van der Waals surface area contributed by atoms with Crippen LogP contribution in [0.3, 0.4) is 0 Å². The first kappa shape index (κ1) is 17.1. The van der Waals surface area contributed by atoms with Gasteiger partial charge in [0.1, 0.15) is 0 Å². The molecular formula is C20H17ClN2O2S. The van der Waals surface area contributed by atoms with Gasteiger partial charge in [0.25, 0.3) is 0 Å². The standard InChI is InChI=1S/C20H17ClN2O2S/c21-19-4-1-15(2-5-19)14-26(24,25)23-12-9-18-13-17(3-6-20(18)23)16-7-10-22-11-8-16/h1-8,10-11,13H,9,12,14H2. The average Bonchev–Trinajstić information content (AvgIpc) is 3.08. The number of anilines is 1. The molecule has 0 radical (unpaired) electrons. The molecule has 2 aromatic carbocycles. The van der Waals surface area contributed by atoms with Gasteiger partial charge in [-0.2, -0.15) is 0 Å². The summed E-state index contributed by atoms with van der Waals surface area (Å²) in [5, 5.41) is 0.598. The molecule has 0 N–H and O–H groups in total. The Morgan fingerprint density at radius 3 is 2.42 bits per heavy atom. The molecule has 0 aliphatic carbocycles. The summed E-state index contributed by atoms with van der Waals surface area (Å²) in [6.07, 6.45) is 4.23. The Kier molecular flexibility index (Phi) is 4.42. The summed E-state index contributed by atoms with van der Waals surface area (Å²) >= 11 is 5.88. The molecule has 1 aliphatic heterocycles. The molecule has 0 saturated carbocycles. The lowest BCUT2D eigenvalue weighted by Crippen LogP contribution is -2.30. The first-order chi connectivity index (χ1) is 12.5. The molecule has 1 aliphatic rings. The maximum Gasteiger partial charge on any atom is 0.239 e. The van der Waals surface area contributed by atoms with Gasteiger partial charge in [0.2, 0.25) is 10.0 Å². The third-order valence-electron chi connectivity index (χ3n) is 4.54. The van der Waals surface area contributed by atoms with E-state index in [1.165, 1.54) is 4.31 Å². The zero-order valence-corrected chi connectivity index (χ0v) is 15.5. The minimum Gasteiger partial charge on any atom is -0.269 e. The molecule has 0 spiro atoms. The van der Waals surface area contributed by atoms with Crippen LogP contribution in [0.1, 0.15) is 11.1 Å². The lowest BCUT2D eigenvalue weighted by atomic mass is 10.0. The molecule has 0 fully saturated rings. The second-order valence-corrected chi connectivity index (χ2v) is 8.61. The van der Waals surface area contributed by atoms with E-state index in [0.29, 0.717) is 18.0 Å². The molecule has 26 heavy (non-hydrogen) atoms. The second kappa shape index (κ2) is 6.74. The Hall–Kier alpha value is -2.37. The number of hydrogen-bond acceptors (Lipinski definition) is 3. The number of hydrogen-bond donors (Lipinski definition) is 0. The van der Waals surface area contributed by atoms with E-state index >= 15 is 0 Å². The maximum atomic E-state index is 12.9. The van der Waals surface area contributed by atoms with Crippen LogP contribution in [-0.4, -0.2) is 19.9 Å². The van der Waals surface area contributed by atoms with Gasteiger partial charge in [-0.05, 0) is 65.1 Å². The molecule has 0 bridgehead atoms. The highest BCUT2D eigenvalue weighted by atomic mass is 35.5.